The number of imidazole rings is 1. The number of aromatic nitrogens is 2. The highest BCUT2D eigenvalue weighted by Crippen LogP contribution is 2.22. The smallest absolute Gasteiger partial charge is 0.251 e. The monoisotopic (exact) mass is 474 g/mol. The summed E-state index contributed by atoms with van der Waals surface area (Å²) in [6, 6.07) is 22.8. The maximum absolute atomic E-state index is 13.8. The van der Waals surface area contributed by atoms with Crippen LogP contribution < -0.4 is 10.2 Å². The number of carbonyl (C=O) groups is 2. The number of benzene rings is 3. The molecule has 0 fully saturated rings. The number of carbonyl (C=O) groups excluding carboxylic acids is 2. The molecule has 34 heavy (non-hydrogen) atoms. The lowest BCUT2D eigenvalue weighted by atomic mass is 10.1. The Morgan fingerprint density at radius 1 is 1.03 bits per heavy atom. The maximum Gasteiger partial charge on any atom is 0.251 e. The number of anilines is 1. The van der Waals surface area contributed by atoms with Gasteiger partial charge in [-0.2, -0.15) is 0 Å². The fourth-order valence-corrected chi connectivity index (χ4v) is 4.22. The van der Waals surface area contributed by atoms with Crippen molar-refractivity contribution >= 4 is 29.3 Å². The molecule has 1 aromatic heterocycles. The highest BCUT2D eigenvalue weighted by Gasteiger charge is 2.15. The third-order valence-electron chi connectivity index (χ3n) is 5.23. The van der Waals surface area contributed by atoms with Gasteiger partial charge in [0.1, 0.15) is 5.82 Å². The summed E-state index contributed by atoms with van der Waals surface area (Å²) in [5, 5.41) is 3.39. The lowest BCUT2D eigenvalue weighted by Crippen LogP contribution is -2.27. The van der Waals surface area contributed by atoms with Gasteiger partial charge in [0, 0.05) is 48.5 Å². The SMILES string of the molecule is CN(C(=O)CSc1nccn1-c1cccc(C(=O)NCc2ccccc2F)c1)c1ccccc1. The standard InChI is InChI=1S/C26H23FN4O2S/c1-30(21-10-3-2-4-11-21)24(32)18-34-26-28-14-15-31(26)22-12-7-9-19(16-22)25(33)29-17-20-8-5-6-13-23(20)27/h2-16H,17-18H2,1H3,(H,29,33). The molecule has 172 valence electrons. The molecule has 3 aromatic carbocycles. The van der Waals surface area contributed by atoms with Gasteiger partial charge in [-0.3, -0.25) is 14.2 Å². The van der Waals surface area contributed by atoms with Crippen molar-refractivity contribution in [2.45, 2.75) is 11.7 Å². The molecule has 0 radical (unpaired) electrons. The molecule has 2 amide bonds. The van der Waals surface area contributed by atoms with Crippen molar-refractivity contribution in [3.8, 4) is 5.69 Å². The topological polar surface area (TPSA) is 67.2 Å². The summed E-state index contributed by atoms with van der Waals surface area (Å²) in [5.74, 6) is -0.499. The molecule has 4 rings (SSSR count). The Hall–Kier alpha value is -3.91. The van der Waals surface area contributed by atoms with Crippen LogP contribution >= 0.6 is 11.8 Å². The summed E-state index contributed by atoms with van der Waals surface area (Å²) < 4.78 is 15.6. The molecule has 1 heterocycles. The molecule has 1 N–H and O–H groups in total. The van der Waals surface area contributed by atoms with E-state index in [2.05, 4.69) is 10.3 Å². The molecule has 0 saturated heterocycles. The second-order valence-electron chi connectivity index (χ2n) is 7.48. The lowest BCUT2D eigenvalue weighted by molar-refractivity contribution is -0.115. The fourth-order valence-electron chi connectivity index (χ4n) is 3.33. The first-order valence-corrected chi connectivity index (χ1v) is 11.6. The molecule has 4 aromatic rings. The molecule has 0 saturated carbocycles. The zero-order valence-corrected chi connectivity index (χ0v) is 19.3. The molecule has 0 bridgehead atoms. The minimum Gasteiger partial charge on any atom is -0.348 e. The average molecular weight is 475 g/mol. The van der Waals surface area contributed by atoms with E-state index in [1.807, 2.05) is 41.0 Å². The number of rotatable bonds is 8. The first-order valence-electron chi connectivity index (χ1n) is 10.6. The predicted octanol–water partition coefficient (Wildman–Crippen LogP) is 4.70. The zero-order chi connectivity index (χ0) is 23.9. The largest absolute Gasteiger partial charge is 0.348 e. The molecular weight excluding hydrogens is 451 g/mol. The van der Waals surface area contributed by atoms with Crippen LogP contribution in [0, 0.1) is 5.82 Å². The van der Waals surface area contributed by atoms with E-state index in [4.69, 9.17) is 0 Å². The Labute approximate surface area is 201 Å². The Morgan fingerprint density at radius 2 is 1.79 bits per heavy atom. The minimum absolute atomic E-state index is 0.0491. The van der Waals surface area contributed by atoms with E-state index >= 15 is 0 Å². The molecule has 0 aliphatic rings. The van der Waals surface area contributed by atoms with Gasteiger partial charge in [-0.15, -0.1) is 0 Å². The van der Waals surface area contributed by atoms with Crippen molar-refractivity contribution in [2.24, 2.45) is 0 Å². The lowest BCUT2D eigenvalue weighted by Gasteiger charge is -2.17. The van der Waals surface area contributed by atoms with Crippen LogP contribution in [0.3, 0.4) is 0 Å². The predicted molar refractivity (Wildman–Crippen MR) is 132 cm³/mol. The Balaban J connectivity index is 1.42. The first-order chi connectivity index (χ1) is 16.5. The first kappa shape index (κ1) is 23.3. The van der Waals surface area contributed by atoms with Crippen LogP contribution in [0.5, 0.6) is 0 Å². The van der Waals surface area contributed by atoms with Gasteiger partial charge in [0.25, 0.3) is 5.91 Å². The number of hydrogen-bond acceptors (Lipinski definition) is 4. The summed E-state index contributed by atoms with van der Waals surface area (Å²) in [6.45, 7) is 0.0962. The van der Waals surface area contributed by atoms with Gasteiger partial charge in [0.15, 0.2) is 5.16 Å². The summed E-state index contributed by atoms with van der Waals surface area (Å²) in [6.07, 6.45) is 3.43. The summed E-state index contributed by atoms with van der Waals surface area (Å²) in [7, 11) is 1.74. The van der Waals surface area contributed by atoms with Crippen molar-refractivity contribution in [1.29, 1.82) is 0 Å². The van der Waals surface area contributed by atoms with Crippen molar-refractivity contribution in [2.75, 3.05) is 17.7 Å². The number of amides is 2. The molecule has 0 aliphatic carbocycles. The summed E-state index contributed by atoms with van der Waals surface area (Å²) >= 11 is 1.32. The number of nitrogens with one attached hydrogen (secondary N) is 1. The molecule has 0 spiro atoms. The number of thioether (sulfide) groups is 1. The Kier molecular flexibility index (Phi) is 7.39. The quantitative estimate of drug-likeness (QED) is 0.376. The van der Waals surface area contributed by atoms with Crippen LogP contribution in [-0.4, -0.2) is 34.2 Å². The van der Waals surface area contributed by atoms with E-state index in [9.17, 15) is 14.0 Å². The van der Waals surface area contributed by atoms with Crippen LogP contribution in [0.25, 0.3) is 5.69 Å². The van der Waals surface area contributed by atoms with Crippen LogP contribution in [0.2, 0.25) is 0 Å². The van der Waals surface area contributed by atoms with Gasteiger partial charge >= 0.3 is 0 Å². The average Bonchev–Trinajstić information content (AvgIpc) is 3.35. The van der Waals surface area contributed by atoms with Crippen molar-refractivity contribution in [3.63, 3.8) is 0 Å². The van der Waals surface area contributed by atoms with Gasteiger partial charge in [0.05, 0.1) is 5.75 Å². The minimum atomic E-state index is -0.357. The highest BCUT2D eigenvalue weighted by molar-refractivity contribution is 7.99. The van der Waals surface area contributed by atoms with Gasteiger partial charge in [-0.05, 0) is 36.4 Å². The van der Waals surface area contributed by atoms with Gasteiger partial charge in [-0.1, -0.05) is 54.2 Å². The number of nitrogens with zero attached hydrogens (tertiary/aromatic N) is 3. The second-order valence-corrected chi connectivity index (χ2v) is 8.42. The van der Waals surface area contributed by atoms with Gasteiger partial charge in [-0.25, -0.2) is 9.37 Å². The second kappa shape index (κ2) is 10.8. The molecular formula is C26H23FN4O2S. The highest BCUT2D eigenvalue weighted by atomic mass is 32.2. The van der Waals surface area contributed by atoms with Gasteiger partial charge in [0.2, 0.25) is 5.91 Å². The van der Waals surface area contributed by atoms with Crippen LogP contribution in [-0.2, 0) is 11.3 Å². The molecule has 6 nitrogen and oxygen atoms in total. The van der Waals surface area contributed by atoms with E-state index in [1.54, 1.807) is 60.7 Å². The summed E-state index contributed by atoms with van der Waals surface area (Å²) in [5.41, 5.74) is 2.43. The van der Waals surface area contributed by atoms with E-state index < -0.39 is 0 Å². The Bertz CT molecular complexity index is 1290. The van der Waals surface area contributed by atoms with E-state index in [1.165, 1.54) is 17.8 Å². The van der Waals surface area contributed by atoms with E-state index in [0.29, 0.717) is 16.3 Å². The number of hydrogen-bond donors (Lipinski definition) is 1. The maximum atomic E-state index is 13.8. The Morgan fingerprint density at radius 3 is 2.59 bits per heavy atom. The van der Waals surface area contributed by atoms with E-state index in [-0.39, 0.29) is 29.9 Å². The molecule has 0 atom stereocenters. The number of halogens is 1. The third kappa shape index (κ3) is 5.52. The fraction of sp³-hybridized carbons (Fsp3) is 0.115. The van der Waals surface area contributed by atoms with Crippen molar-refractivity contribution in [1.82, 2.24) is 14.9 Å². The van der Waals surface area contributed by atoms with Crippen LogP contribution in [0.15, 0.2) is 96.4 Å². The van der Waals surface area contributed by atoms with E-state index in [0.717, 1.165) is 11.4 Å². The van der Waals surface area contributed by atoms with Gasteiger partial charge < -0.3 is 10.2 Å². The molecule has 0 unspecified atom stereocenters. The summed E-state index contributed by atoms with van der Waals surface area (Å²) in [4.78, 5) is 31.3. The van der Waals surface area contributed by atoms with Crippen molar-refractivity contribution < 1.29 is 14.0 Å². The molecule has 0 aliphatic heterocycles. The zero-order valence-electron chi connectivity index (χ0n) is 18.5. The van der Waals surface area contributed by atoms with Crippen LogP contribution in [0.1, 0.15) is 15.9 Å². The molecule has 8 heteroatoms. The van der Waals surface area contributed by atoms with Crippen molar-refractivity contribution in [3.05, 3.63) is 108 Å². The van der Waals surface area contributed by atoms with Crippen LogP contribution in [0.4, 0.5) is 10.1 Å². The normalized spacial score (nSPS) is 10.6. The third-order valence-corrected chi connectivity index (χ3v) is 6.18. The number of para-hydroxylation sites is 1.